The first kappa shape index (κ1) is 22.4. The largest absolute Gasteiger partial charge is 0.405 e. The van der Waals surface area contributed by atoms with Crippen LogP contribution < -0.4 is 16.1 Å². The Morgan fingerprint density at radius 1 is 1.18 bits per heavy atom. The van der Waals surface area contributed by atoms with E-state index in [1.165, 1.54) is 18.3 Å². The number of rotatable bonds is 5. The van der Waals surface area contributed by atoms with Crippen LogP contribution in [0.2, 0.25) is 0 Å². The predicted molar refractivity (Wildman–Crippen MR) is 127 cm³/mol. The van der Waals surface area contributed by atoms with E-state index in [0.29, 0.717) is 24.4 Å². The number of hydrogen-bond donors (Lipinski definition) is 1. The molecular formula is C25H25F2N5O. The third-order valence-electron chi connectivity index (χ3n) is 5.50. The van der Waals surface area contributed by atoms with Crippen molar-refractivity contribution in [3.05, 3.63) is 94.6 Å². The van der Waals surface area contributed by atoms with Crippen molar-refractivity contribution in [1.29, 1.82) is 0 Å². The molecule has 0 atom stereocenters. The van der Waals surface area contributed by atoms with Crippen LogP contribution in [0.15, 0.2) is 82.9 Å². The van der Waals surface area contributed by atoms with Gasteiger partial charge in [-0.05, 0) is 61.5 Å². The first-order valence-corrected chi connectivity index (χ1v) is 10.7. The van der Waals surface area contributed by atoms with E-state index in [-0.39, 0.29) is 24.1 Å². The van der Waals surface area contributed by atoms with E-state index in [4.69, 9.17) is 5.73 Å². The molecule has 0 radical (unpaired) electrons. The van der Waals surface area contributed by atoms with Gasteiger partial charge >= 0.3 is 0 Å². The van der Waals surface area contributed by atoms with Crippen molar-refractivity contribution in [2.24, 2.45) is 10.7 Å². The van der Waals surface area contributed by atoms with Crippen LogP contribution in [0.25, 0.3) is 5.69 Å². The molecule has 4 rings (SSSR count). The Morgan fingerprint density at radius 3 is 2.67 bits per heavy atom. The lowest BCUT2D eigenvalue weighted by atomic mass is 10.1. The van der Waals surface area contributed by atoms with Crippen molar-refractivity contribution in [2.75, 3.05) is 18.0 Å². The van der Waals surface area contributed by atoms with Gasteiger partial charge < -0.3 is 10.6 Å². The molecule has 0 amide bonds. The number of aliphatic imine (C=N–C) groups is 1. The maximum atomic E-state index is 13.9. The highest BCUT2D eigenvalue weighted by molar-refractivity contribution is 6.08. The number of nitrogens with zero attached hydrogens (tertiary/aromatic N) is 4. The number of nitrogens with two attached hydrogens (primary N) is 1. The van der Waals surface area contributed by atoms with Gasteiger partial charge in [0.1, 0.15) is 0 Å². The molecule has 2 heterocycles. The number of aryl methyl sites for hydroxylation is 1. The molecule has 3 aromatic rings. The van der Waals surface area contributed by atoms with Crippen LogP contribution in [0.1, 0.15) is 24.1 Å². The van der Waals surface area contributed by atoms with Crippen molar-refractivity contribution in [1.82, 2.24) is 9.78 Å². The molecule has 0 spiro atoms. The zero-order valence-electron chi connectivity index (χ0n) is 18.3. The normalized spacial score (nSPS) is 16.3. The van der Waals surface area contributed by atoms with Crippen molar-refractivity contribution in [3.8, 4) is 5.69 Å². The minimum atomic E-state index is -2.68. The number of aromatic nitrogens is 2. The van der Waals surface area contributed by atoms with Gasteiger partial charge in [0.2, 0.25) is 5.43 Å². The fourth-order valence-electron chi connectivity index (χ4n) is 3.90. The lowest BCUT2D eigenvalue weighted by molar-refractivity contribution is -0.0116. The SMILES string of the molecule is Cc1cc(N2CCCC(F)(F)C2)ccc1-n1ccc(=O)c(C(C=CN)=Nc2ccccc2)n1. The fraction of sp³-hybridized carbons (Fsp3) is 0.240. The van der Waals surface area contributed by atoms with Crippen LogP contribution >= 0.6 is 0 Å². The molecule has 2 N–H and O–H groups in total. The van der Waals surface area contributed by atoms with Gasteiger partial charge in [0.15, 0.2) is 5.69 Å². The zero-order valence-corrected chi connectivity index (χ0v) is 18.3. The van der Waals surface area contributed by atoms with Gasteiger partial charge in [-0.1, -0.05) is 18.2 Å². The molecule has 8 heteroatoms. The van der Waals surface area contributed by atoms with E-state index in [0.717, 1.165) is 16.9 Å². The van der Waals surface area contributed by atoms with Gasteiger partial charge in [-0.2, -0.15) is 5.10 Å². The maximum Gasteiger partial charge on any atom is 0.265 e. The molecular weight excluding hydrogens is 424 g/mol. The first-order chi connectivity index (χ1) is 15.9. The highest BCUT2D eigenvalue weighted by atomic mass is 19.3. The van der Waals surface area contributed by atoms with Crippen molar-refractivity contribution < 1.29 is 8.78 Å². The molecule has 0 saturated carbocycles. The average Bonchev–Trinajstić information content (AvgIpc) is 2.79. The van der Waals surface area contributed by atoms with Crippen molar-refractivity contribution >= 4 is 17.1 Å². The van der Waals surface area contributed by atoms with Crippen LogP contribution in [-0.4, -0.2) is 34.5 Å². The molecule has 170 valence electrons. The summed E-state index contributed by atoms with van der Waals surface area (Å²) in [4.78, 5) is 18.8. The molecule has 0 unspecified atom stereocenters. The molecule has 1 aliphatic rings. The number of halogens is 2. The molecule has 0 aliphatic carbocycles. The summed E-state index contributed by atoms with van der Waals surface area (Å²) in [6.07, 6.45) is 4.81. The highest BCUT2D eigenvalue weighted by Crippen LogP contribution is 2.31. The number of benzene rings is 2. The molecule has 0 bridgehead atoms. The van der Waals surface area contributed by atoms with Crippen molar-refractivity contribution in [3.63, 3.8) is 0 Å². The van der Waals surface area contributed by atoms with E-state index in [9.17, 15) is 13.6 Å². The fourth-order valence-corrected chi connectivity index (χ4v) is 3.90. The number of hydrogen-bond acceptors (Lipinski definition) is 5. The lowest BCUT2D eigenvalue weighted by Gasteiger charge is -2.34. The number of piperidine rings is 1. The summed E-state index contributed by atoms with van der Waals surface area (Å²) in [5, 5.41) is 4.52. The smallest absolute Gasteiger partial charge is 0.265 e. The second kappa shape index (κ2) is 9.36. The van der Waals surface area contributed by atoms with Crippen LogP contribution in [0.5, 0.6) is 0 Å². The Balaban J connectivity index is 1.70. The lowest BCUT2D eigenvalue weighted by Crippen LogP contribution is -2.42. The van der Waals surface area contributed by atoms with Gasteiger partial charge in [-0.25, -0.2) is 18.5 Å². The summed E-state index contributed by atoms with van der Waals surface area (Å²) in [6.45, 7) is 2.20. The third kappa shape index (κ3) is 5.16. The Bertz CT molecular complexity index is 1250. The summed E-state index contributed by atoms with van der Waals surface area (Å²) >= 11 is 0. The van der Waals surface area contributed by atoms with E-state index < -0.39 is 5.92 Å². The molecule has 2 aromatic carbocycles. The Kier molecular flexibility index (Phi) is 6.35. The van der Waals surface area contributed by atoms with Crippen LogP contribution in [0.4, 0.5) is 20.2 Å². The van der Waals surface area contributed by atoms with E-state index in [2.05, 4.69) is 10.1 Å². The Hall–Kier alpha value is -3.81. The number of anilines is 1. The van der Waals surface area contributed by atoms with Gasteiger partial charge in [-0.15, -0.1) is 0 Å². The molecule has 1 aromatic heterocycles. The Labute approximate surface area is 190 Å². The molecule has 1 fully saturated rings. The molecule has 33 heavy (non-hydrogen) atoms. The van der Waals surface area contributed by atoms with Gasteiger partial charge in [0.05, 0.1) is 23.6 Å². The van der Waals surface area contributed by atoms with E-state index in [1.807, 2.05) is 55.5 Å². The van der Waals surface area contributed by atoms with Gasteiger partial charge in [0, 0.05) is 30.9 Å². The topological polar surface area (TPSA) is 76.5 Å². The predicted octanol–water partition coefficient (Wildman–Crippen LogP) is 4.37. The highest BCUT2D eigenvalue weighted by Gasteiger charge is 2.35. The molecule has 1 saturated heterocycles. The molecule has 6 nitrogen and oxygen atoms in total. The summed E-state index contributed by atoms with van der Waals surface area (Å²) < 4.78 is 29.3. The summed E-state index contributed by atoms with van der Waals surface area (Å²) in [7, 11) is 0. The molecule has 1 aliphatic heterocycles. The number of para-hydroxylation sites is 1. The van der Waals surface area contributed by atoms with Gasteiger partial charge in [-0.3, -0.25) is 4.79 Å². The van der Waals surface area contributed by atoms with Gasteiger partial charge in [0.25, 0.3) is 5.92 Å². The minimum absolute atomic E-state index is 0.0746. The number of allylic oxidation sites excluding steroid dienone is 1. The number of alkyl halides is 2. The maximum absolute atomic E-state index is 13.9. The summed E-state index contributed by atoms with van der Waals surface area (Å²) in [5.41, 5.74) is 8.80. The van der Waals surface area contributed by atoms with Crippen LogP contribution in [0, 0.1) is 6.92 Å². The quantitative estimate of drug-likeness (QED) is 0.587. The monoisotopic (exact) mass is 449 g/mol. The second-order valence-electron chi connectivity index (χ2n) is 8.02. The zero-order chi connectivity index (χ0) is 23.4. The second-order valence-corrected chi connectivity index (χ2v) is 8.02. The van der Waals surface area contributed by atoms with E-state index >= 15 is 0 Å². The standard InChI is InChI=1S/C25H25F2N5O/c1-18-16-20(31-14-5-12-25(26,27)17-31)8-9-22(18)32-15-11-23(33)24(30-32)21(10-13-28)29-19-6-3-2-4-7-19/h2-4,6-11,13,15-16H,5,12,14,17,28H2,1H3. The first-order valence-electron chi connectivity index (χ1n) is 10.7. The van der Waals surface area contributed by atoms with E-state index in [1.54, 1.807) is 15.8 Å². The average molecular weight is 450 g/mol. The van der Waals surface area contributed by atoms with Crippen LogP contribution in [0.3, 0.4) is 0 Å². The summed E-state index contributed by atoms with van der Waals surface area (Å²) in [5.74, 6) is -2.68. The van der Waals surface area contributed by atoms with Crippen LogP contribution in [-0.2, 0) is 0 Å². The summed E-state index contributed by atoms with van der Waals surface area (Å²) in [6, 6.07) is 16.1. The Morgan fingerprint density at radius 2 is 1.97 bits per heavy atom. The minimum Gasteiger partial charge on any atom is -0.405 e. The third-order valence-corrected chi connectivity index (χ3v) is 5.50. The van der Waals surface area contributed by atoms with Crippen molar-refractivity contribution in [2.45, 2.75) is 25.7 Å².